The number of nitrogens with zero attached hydrogens (tertiary/aromatic N) is 3. The molecule has 2 fully saturated rings. The van der Waals surface area contributed by atoms with E-state index in [1.54, 1.807) is 25.1 Å². The van der Waals surface area contributed by atoms with Gasteiger partial charge in [-0.3, -0.25) is 19.3 Å². The van der Waals surface area contributed by atoms with E-state index in [-0.39, 0.29) is 55.0 Å². The molecule has 2 atom stereocenters. The summed E-state index contributed by atoms with van der Waals surface area (Å²) in [5, 5.41) is 7.81. The molecule has 14 heteroatoms. The number of imide groups is 2. The second kappa shape index (κ2) is 10.7. The Morgan fingerprint density at radius 2 is 1.89 bits per heavy atom. The second-order valence-corrected chi connectivity index (χ2v) is 10.4. The number of hydrogen-bond acceptors (Lipinski definition) is 8. The Kier molecular flexibility index (Phi) is 8.37. The van der Waals surface area contributed by atoms with Crippen LogP contribution in [0.15, 0.2) is 41.8 Å². The zero-order valence-corrected chi connectivity index (χ0v) is 23.5. The quantitative estimate of drug-likeness (QED) is 0.141. The number of quaternary nitrogens is 1. The van der Waals surface area contributed by atoms with E-state index in [1.165, 1.54) is 6.08 Å². The van der Waals surface area contributed by atoms with Crippen molar-refractivity contribution < 1.29 is 71.5 Å². The number of carbonyl (C=O) groups is 4. The monoisotopic (exact) mass is 542 g/mol. The average Bonchev–Trinajstić information content (AvgIpc) is 3.09. The van der Waals surface area contributed by atoms with Gasteiger partial charge in [-0.25, -0.2) is 22.6 Å². The molecule has 4 amide bonds. The number of amides is 4. The molecule has 0 bridgehead atoms. The average molecular weight is 543 g/mol. The molecule has 1 aromatic rings. The van der Waals surface area contributed by atoms with E-state index in [0.717, 1.165) is 16.5 Å². The van der Waals surface area contributed by atoms with Crippen LogP contribution in [0.1, 0.15) is 31.7 Å². The maximum absolute atomic E-state index is 13.0. The van der Waals surface area contributed by atoms with E-state index in [0.29, 0.717) is 29.2 Å². The van der Waals surface area contributed by atoms with Crippen molar-refractivity contribution in [2.75, 3.05) is 19.6 Å². The van der Waals surface area contributed by atoms with Crippen LogP contribution in [-0.2, 0) is 24.5 Å². The fourth-order valence-electron chi connectivity index (χ4n) is 4.68. The molecule has 1 spiro atoms. The van der Waals surface area contributed by atoms with E-state index >= 15 is 0 Å². The third-order valence-corrected chi connectivity index (χ3v) is 7.80. The molecule has 0 saturated carbocycles. The Labute approximate surface area is 235 Å². The first-order valence-electron chi connectivity index (χ1n) is 11.4. The molecule has 0 aromatic heterocycles. The summed E-state index contributed by atoms with van der Waals surface area (Å²) < 4.78 is 41.7. The summed E-state index contributed by atoms with van der Waals surface area (Å²) in [5.41, 5.74) is 0.815. The molecule has 3 heterocycles. The summed E-state index contributed by atoms with van der Waals surface area (Å²) in [6.45, 7) is 2.95. The standard InChI is InChI=1S/C23H25N3O9S.Na/c1-3-4-10-24-21(29)15(22(30)25(23(24)31)13-20(27)28)6-8-18-26(11-9-19(26)36(32,33)34)16-12-14(2)5-7-17(16)35-18;/h5-8,12,19H,3-4,9-11,13H2,1-2H3,(H-,27,28,32,33,34);/q;+1. The smallest absolute Gasteiger partial charge is 0.743 e. The summed E-state index contributed by atoms with van der Waals surface area (Å²) >= 11 is 0. The van der Waals surface area contributed by atoms with Crippen LogP contribution in [0, 0.1) is 6.92 Å². The first kappa shape index (κ1) is 29.0. The van der Waals surface area contributed by atoms with Gasteiger partial charge in [-0.15, -0.1) is 0 Å². The molecule has 3 aliphatic rings. The molecule has 0 radical (unpaired) electrons. The van der Waals surface area contributed by atoms with Gasteiger partial charge in [0.25, 0.3) is 11.8 Å². The largest absolute Gasteiger partial charge is 1.00 e. The molecule has 37 heavy (non-hydrogen) atoms. The molecule has 2 saturated heterocycles. The topological polar surface area (TPSA) is 161 Å². The van der Waals surface area contributed by atoms with Crippen LogP contribution < -0.4 is 38.8 Å². The van der Waals surface area contributed by atoms with Gasteiger partial charge >= 0.3 is 47.4 Å². The van der Waals surface area contributed by atoms with Crippen molar-refractivity contribution in [2.45, 2.75) is 38.5 Å². The zero-order chi connectivity index (χ0) is 26.4. The summed E-state index contributed by atoms with van der Waals surface area (Å²) in [6.07, 6.45) is 3.52. The number of benzene rings is 1. The van der Waals surface area contributed by atoms with E-state index in [1.807, 2.05) is 6.92 Å². The number of unbranched alkanes of at least 4 members (excludes halogenated alkanes) is 1. The van der Waals surface area contributed by atoms with Crippen molar-refractivity contribution in [3.05, 3.63) is 47.4 Å². The summed E-state index contributed by atoms with van der Waals surface area (Å²) in [5.74, 6) is -3.05. The van der Waals surface area contributed by atoms with Gasteiger partial charge in [0.2, 0.25) is 0 Å². The molecule has 1 aromatic carbocycles. The number of fused-ring (bicyclic) bond motifs is 2. The number of carbonyl (C=O) groups excluding carboxylic acids is 3. The minimum atomic E-state index is -4.74. The van der Waals surface area contributed by atoms with E-state index in [2.05, 4.69) is 0 Å². The number of carboxylic acids is 1. The Bertz CT molecular complexity index is 1340. The molecule has 3 aliphatic heterocycles. The number of rotatable bonds is 7. The fraction of sp³-hybridized carbons (Fsp3) is 0.391. The van der Waals surface area contributed by atoms with Gasteiger partial charge in [0.05, 0.1) is 13.0 Å². The number of barbiturate groups is 1. The summed E-state index contributed by atoms with van der Waals surface area (Å²) in [7, 11) is -4.74. The minimum Gasteiger partial charge on any atom is -0.743 e. The van der Waals surface area contributed by atoms with Crippen LogP contribution in [0.3, 0.4) is 0 Å². The summed E-state index contributed by atoms with van der Waals surface area (Å²) in [4.78, 5) is 51.2. The second-order valence-electron chi connectivity index (χ2n) is 8.86. The molecular formula is C23H25N3NaO9S+. The van der Waals surface area contributed by atoms with Gasteiger partial charge in [0, 0.05) is 18.7 Å². The SMILES string of the molecule is CCCCN1C(=O)C(=CC=C2Oc3ccc(C)cc3[N+]23CCC3S(=O)(=O)[O-])C(=O)N(CC(=O)O)C1=O.[Na+]. The van der Waals surface area contributed by atoms with Gasteiger partial charge < -0.3 is 14.4 Å². The third kappa shape index (κ3) is 4.99. The van der Waals surface area contributed by atoms with Crippen LogP contribution in [0.25, 0.3) is 0 Å². The van der Waals surface area contributed by atoms with Crippen LogP contribution in [-0.4, -0.2) is 76.7 Å². The van der Waals surface area contributed by atoms with Crippen LogP contribution in [0.4, 0.5) is 10.5 Å². The number of hydrogen-bond donors (Lipinski definition) is 1. The number of aliphatic carboxylic acids is 1. The number of urea groups is 1. The molecule has 0 aliphatic carbocycles. The third-order valence-electron chi connectivity index (χ3n) is 6.54. The predicted octanol–water partition coefficient (Wildman–Crippen LogP) is -1.58. The Morgan fingerprint density at radius 1 is 1.22 bits per heavy atom. The zero-order valence-electron chi connectivity index (χ0n) is 20.7. The van der Waals surface area contributed by atoms with Gasteiger partial charge in [-0.05, 0) is 31.1 Å². The first-order chi connectivity index (χ1) is 16.9. The minimum absolute atomic E-state index is 0. The van der Waals surface area contributed by atoms with Gasteiger partial charge in [0.1, 0.15) is 12.1 Å². The summed E-state index contributed by atoms with van der Waals surface area (Å²) in [6, 6.07) is 4.10. The van der Waals surface area contributed by atoms with Crippen LogP contribution in [0.5, 0.6) is 5.75 Å². The molecular weight excluding hydrogens is 517 g/mol. The molecule has 1 N–H and O–H groups in total. The molecule has 192 valence electrons. The fourth-order valence-corrected chi connectivity index (χ4v) is 5.84. The first-order valence-corrected chi connectivity index (χ1v) is 12.8. The van der Waals surface area contributed by atoms with Crippen LogP contribution >= 0.6 is 0 Å². The van der Waals surface area contributed by atoms with Crippen LogP contribution in [0.2, 0.25) is 0 Å². The van der Waals surface area contributed by atoms with Crippen molar-refractivity contribution in [1.29, 1.82) is 0 Å². The Morgan fingerprint density at radius 3 is 2.46 bits per heavy atom. The van der Waals surface area contributed by atoms with Crippen molar-refractivity contribution in [1.82, 2.24) is 14.3 Å². The Hall–Kier alpha value is -2.55. The van der Waals surface area contributed by atoms with E-state index in [4.69, 9.17) is 9.84 Å². The normalized spacial score (nSPS) is 25.3. The maximum Gasteiger partial charge on any atom is 1.00 e. The van der Waals surface area contributed by atoms with Crippen molar-refractivity contribution in [2.24, 2.45) is 0 Å². The Balaban J connectivity index is 0.00000380. The van der Waals surface area contributed by atoms with Gasteiger partial charge in [-0.1, -0.05) is 19.4 Å². The van der Waals surface area contributed by atoms with Crippen molar-refractivity contribution >= 4 is 39.6 Å². The molecule has 2 unspecified atom stereocenters. The number of aryl methyl sites for hydroxylation is 1. The number of carboxylic acid groups (broad SMARTS) is 1. The van der Waals surface area contributed by atoms with Crippen molar-refractivity contribution in [3.63, 3.8) is 0 Å². The van der Waals surface area contributed by atoms with Gasteiger partial charge in [0.15, 0.2) is 26.9 Å². The van der Waals surface area contributed by atoms with E-state index in [9.17, 15) is 32.1 Å². The van der Waals surface area contributed by atoms with Crippen molar-refractivity contribution in [3.8, 4) is 5.75 Å². The predicted molar refractivity (Wildman–Crippen MR) is 124 cm³/mol. The molecule has 4 rings (SSSR count). The van der Waals surface area contributed by atoms with E-state index < -0.39 is 55.9 Å². The number of ether oxygens (including phenoxy) is 1. The number of allylic oxidation sites excluding steroid dienone is 2. The molecule has 12 nitrogen and oxygen atoms in total. The maximum atomic E-state index is 13.0. The van der Waals surface area contributed by atoms with Gasteiger partial charge in [-0.2, -0.15) is 0 Å².